The van der Waals surface area contributed by atoms with E-state index in [0.29, 0.717) is 53.7 Å². The van der Waals surface area contributed by atoms with Gasteiger partial charge in [-0.1, -0.05) is 38.7 Å². The van der Waals surface area contributed by atoms with Crippen LogP contribution in [0.5, 0.6) is 0 Å². The van der Waals surface area contributed by atoms with Crippen molar-refractivity contribution in [3.8, 4) is 16.9 Å². The maximum absolute atomic E-state index is 16.6. The van der Waals surface area contributed by atoms with Crippen LogP contribution in [-0.2, 0) is 4.79 Å². The number of amides is 2. The van der Waals surface area contributed by atoms with Gasteiger partial charge in [-0.2, -0.15) is 5.10 Å². The highest BCUT2D eigenvalue weighted by molar-refractivity contribution is 7.71. The zero-order valence-electron chi connectivity index (χ0n) is 26.6. The van der Waals surface area contributed by atoms with E-state index in [1.807, 2.05) is 45.9 Å². The van der Waals surface area contributed by atoms with E-state index in [2.05, 4.69) is 22.1 Å². The molecule has 0 bridgehead atoms. The average Bonchev–Trinajstić information content (AvgIpc) is 3.53. The van der Waals surface area contributed by atoms with Gasteiger partial charge in [0.1, 0.15) is 21.8 Å². The molecule has 1 fully saturated rings. The molecule has 0 saturated carbocycles. The number of hydrogen-bond acceptors (Lipinski definition) is 6. The Morgan fingerprint density at radius 1 is 1.15 bits per heavy atom. The van der Waals surface area contributed by atoms with Gasteiger partial charge in [0.2, 0.25) is 5.91 Å². The van der Waals surface area contributed by atoms with Crippen LogP contribution in [0.2, 0.25) is 0 Å². The van der Waals surface area contributed by atoms with Crippen LogP contribution in [0.4, 0.5) is 4.39 Å². The first-order valence-corrected chi connectivity index (χ1v) is 15.8. The largest absolute Gasteiger partial charge is 0.355 e. The van der Waals surface area contributed by atoms with Crippen LogP contribution in [0.15, 0.2) is 49.3 Å². The molecular weight excluding hydrogens is 601 g/mol. The van der Waals surface area contributed by atoms with Crippen LogP contribution in [0.25, 0.3) is 38.9 Å². The summed E-state index contributed by atoms with van der Waals surface area (Å²) < 4.78 is 18.7. The molecule has 0 atom stereocenters. The summed E-state index contributed by atoms with van der Waals surface area (Å²) in [6.07, 6.45) is 5.88. The molecule has 4 aromatic heterocycles. The molecule has 2 N–H and O–H groups in total. The molecule has 5 aromatic rings. The van der Waals surface area contributed by atoms with E-state index in [4.69, 9.17) is 22.2 Å². The van der Waals surface area contributed by atoms with Gasteiger partial charge in [-0.05, 0) is 79.5 Å². The zero-order valence-corrected chi connectivity index (χ0v) is 27.4. The number of piperidine rings is 1. The van der Waals surface area contributed by atoms with Gasteiger partial charge in [0.25, 0.3) is 5.91 Å². The lowest BCUT2D eigenvalue weighted by atomic mass is 9.84. The number of fused-ring (bicyclic) bond motifs is 2. The van der Waals surface area contributed by atoms with Crippen LogP contribution in [-0.4, -0.2) is 61.6 Å². The van der Waals surface area contributed by atoms with Gasteiger partial charge in [0.15, 0.2) is 0 Å². The highest BCUT2D eigenvalue weighted by Crippen LogP contribution is 2.41. The number of halogens is 1. The standard InChI is InChI=1S/C35H36FN7O2S/c1-7-26(44)42-14-11-21(12-15-42)28-22-16-24(36)31(27-19(4)8-9-25-23(27)17-39-41-25)40-33(22)43(35(46)29(28)34(45)37-6)32-20(5)10-13-38-30(32)18(2)3/h7-10,13,16-18,21H,1,11-12,14-15H2,2-6H3,(H,37,45)(H,39,41). The van der Waals surface area contributed by atoms with E-state index in [0.717, 1.165) is 33.4 Å². The molecule has 0 aliphatic carbocycles. The Morgan fingerprint density at radius 2 is 1.89 bits per heavy atom. The van der Waals surface area contributed by atoms with E-state index in [1.165, 1.54) is 12.1 Å². The first-order chi connectivity index (χ1) is 22.1. The number of pyridine rings is 3. The number of nitrogens with one attached hydrogen (secondary N) is 2. The minimum absolute atomic E-state index is 0.0172. The Hall–Kier alpha value is -4.77. The second-order valence-corrected chi connectivity index (χ2v) is 12.5. The molecule has 0 radical (unpaired) electrons. The number of likely N-dealkylation sites (tertiary alicyclic amines) is 1. The van der Waals surface area contributed by atoms with Crippen molar-refractivity contribution in [3.63, 3.8) is 0 Å². The number of carbonyl (C=O) groups is 2. The highest BCUT2D eigenvalue weighted by Gasteiger charge is 2.32. The molecule has 0 spiro atoms. The van der Waals surface area contributed by atoms with E-state index in [-0.39, 0.29) is 34.0 Å². The normalized spacial score (nSPS) is 13.9. The van der Waals surface area contributed by atoms with Crippen molar-refractivity contribution >= 4 is 46.0 Å². The number of H-pyrrole nitrogens is 1. The van der Waals surface area contributed by atoms with Crippen LogP contribution < -0.4 is 5.32 Å². The fourth-order valence-electron chi connectivity index (χ4n) is 6.70. The minimum Gasteiger partial charge on any atom is -0.355 e. The number of nitrogens with zero attached hydrogens (tertiary/aromatic N) is 5. The third-order valence-electron chi connectivity index (χ3n) is 8.98. The van der Waals surface area contributed by atoms with Gasteiger partial charge in [-0.3, -0.25) is 24.2 Å². The summed E-state index contributed by atoms with van der Waals surface area (Å²) in [6, 6.07) is 7.21. The Labute approximate surface area is 271 Å². The van der Waals surface area contributed by atoms with E-state index in [1.54, 1.807) is 28.9 Å². The van der Waals surface area contributed by atoms with Gasteiger partial charge in [-0.15, -0.1) is 0 Å². The fraction of sp³-hybridized carbons (Fsp3) is 0.314. The average molecular weight is 638 g/mol. The predicted molar refractivity (Wildman–Crippen MR) is 180 cm³/mol. The number of hydrogen-bond donors (Lipinski definition) is 2. The second kappa shape index (κ2) is 12.2. The smallest absolute Gasteiger partial charge is 0.254 e. The Bertz CT molecular complexity index is 2110. The Kier molecular flexibility index (Phi) is 8.28. The second-order valence-electron chi connectivity index (χ2n) is 12.1. The Morgan fingerprint density at radius 3 is 2.57 bits per heavy atom. The van der Waals surface area contributed by atoms with Crippen molar-refractivity contribution in [1.29, 1.82) is 0 Å². The van der Waals surface area contributed by atoms with Gasteiger partial charge in [0.05, 0.1) is 28.7 Å². The minimum atomic E-state index is -0.525. The summed E-state index contributed by atoms with van der Waals surface area (Å²) in [6.45, 7) is 12.5. The molecule has 1 aromatic carbocycles. The van der Waals surface area contributed by atoms with E-state index < -0.39 is 5.82 Å². The number of aromatic nitrogens is 5. The summed E-state index contributed by atoms with van der Waals surface area (Å²) in [7, 11) is 1.56. The molecule has 2 amide bonds. The SMILES string of the molecule is C=CC(=O)N1CCC(c2c(C(=O)NC)c(=S)n(-c3c(C)ccnc3C(C)C)c3nc(-c4c(C)ccc5[nH]ncc45)c(F)cc23)CC1. The predicted octanol–water partition coefficient (Wildman–Crippen LogP) is 6.82. The van der Waals surface area contributed by atoms with Crippen LogP contribution >= 0.6 is 12.2 Å². The summed E-state index contributed by atoms with van der Waals surface area (Å²) in [5.74, 6) is -1.19. The molecule has 236 valence electrons. The molecule has 0 unspecified atom stereocenters. The highest BCUT2D eigenvalue weighted by atomic mass is 32.1. The molecule has 1 aliphatic heterocycles. The molecule has 6 rings (SSSR count). The maximum Gasteiger partial charge on any atom is 0.254 e. The first kappa shape index (κ1) is 31.2. The quantitative estimate of drug-likeness (QED) is 0.156. The maximum atomic E-state index is 16.6. The first-order valence-electron chi connectivity index (χ1n) is 15.4. The molecule has 9 nitrogen and oxygen atoms in total. The Balaban J connectivity index is 1.75. The number of benzene rings is 1. The number of rotatable bonds is 6. The molecule has 5 heterocycles. The van der Waals surface area contributed by atoms with E-state index >= 15 is 4.39 Å². The van der Waals surface area contributed by atoms with Crippen molar-refractivity contribution in [2.75, 3.05) is 20.1 Å². The molecule has 46 heavy (non-hydrogen) atoms. The summed E-state index contributed by atoms with van der Waals surface area (Å²) >= 11 is 6.22. The van der Waals surface area contributed by atoms with Crippen LogP contribution in [0.1, 0.15) is 71.3 Å². The molecule has 1 saturated heterocycles. The summed E-state index contributed by atoms with van der Waals surface area (Å²) in [5.41, 5.74) is 6.18. The molecule has 1 aliphatic rings. The van der Waals surface area contributed by atoms with Crippen molar-refractivity contribution < 1.29 is 14.0 Å². The van der Waals surface area contributed by atoms with Crippen molar-refractivity contribution in [1.82, 2.24) is 34.9 Å². The van der Waals surface area contributed by atoms with Crippen LogP contribution in [0.3, 0.4) is 0 Å². The van der Waals surface area contributed by atoms with E-state index in [9.17, 15) is 9.59 Å². The van der Waals surface area contributed by atoms with Crippen molar-refractivity contribution in [2.24, 2.45) is 0 Å². The van der Waals surface area contributed by atoms with Crippen molar-refractivity contribution in [3.05, 3.63) is 87.7 Å². The van der Waals surface area contributed by atoms with Crippen molar-refractivity contribution in [2.45, 2.75) is 52.4 Å². The molecular formula is C35H36FN7O2S. The molecule has 11 heteroatoms. The van der Waals surface area contributed by atoms with Gasteiger partial charge < -0.3 is 10.2 Å². The summed E-state index contributed by atoms with van der Waals surface area (Å²) in [5, 5.41) is 11.2. The lowest BCUT2D eigenvalue weighted by molar-refractivity contribution is -0.127. The number of carbonyl (C=O) groups excluding carboxylic acids is 2. The third-order valence-corrected chi connectivity index (χ3v) is 9.37. The lowest BCUT2D eigenvalue weighted by Crippen LogP contribution is -2.37. The number of aryl methyl sites for hydroxylation is 2. The van der Waals surface area contributed by atoms with Gasteiger partial charge >= 0.3 is 0 Å². The van der Waals surface area contributed by atoms with Gasteiger partial charge in [0, 0.05) is 42.7 Å². The van der Waals surface area contributed by atoms with Gasteiger partial charge in [-0.25, -0.2) is 9.37 Å². The topological polar surface area (TPSA) is 109 Å². The monoisotopic (exact) mass is 637 g/mol. The van der Waals surface area contributed by atoms with Crippen LogP contribution in [0, 0.1) is 24.3 Å². The lowest BCUT2D eigenvalue weighted by Gasteiger charge is -2.33. The zero-order chi connectivity index (χ0) is 32.9. The third kappa shape index (κ3) is 5.08. The summed E-state index contributed by atoms with van der Waals surface area (Å²) in [4.78, 5) is 37.7. The number of aromatic amines is 1. The fourth-order valence-corrected chi connectivity index (χ4v) is 7.08.